The summed E-state index contributed by atoms with van der Waals surface area (Å²) in [5.74, 6) is 0.221. The van der Waals surface area contributed by atoms with E-state index in [0.717, 1.165) is 31.2 Å². The van der Waals surface area contributed by atoms with E-state index >= 15 is 0 Å². The van der Waals surface area contributed by atoms with Gasteiger partial charge in [-0.15, -0.1) is 6.58 Å². The third-order valence-electron chi connectivity index (χ3n) is 4.24. The minimum Gasteiger partial charge on any atom is -0.463 e. The number of carbonyl (C=O) groups excluding carboxylic acids is 2. The summed E-state index contributed by atoms with van der Waals surface area (Å²) in [7, 11) is 1.71. The zero-order valence-electron chi connectivity index (χ0n) is 18.1. The lowest BCUT2D eigenvalue weighted by Gasteiger charge is -2.22. The van der Waals surface area contributed by atoms with Gasteiger partial charge in [0, 0.05) is 25.4 Å². The average Bonchev–Trinajstić information content (AvgIpc) is 3.15. The minimum atomic E-state index is -0.262. The van der Waals surface area contributed by atoms with Gasteiger partial charge in [-0.05, 0) is 72.3 Å². The van der Waals surface area contributed by atoms with Crippen molar-refractivity contribution in [1.82, 2.24) is 4.90 Å². The van der Waals surface area contributed by atoms with Gasteiger partial charge in [-0.2, -0.15) is 0 Å². The van der Waals surface area contributed by atoms with Crippen molar-refractivity contribution < 1.29 is 19.1 Å². The first-order valence-corrected chi connectivity index (χ1v) is 9.51. The Morgan fingerprint density at radius 1 is 1.41 bits per heavy atom. The standard InChI is InChI=1S/C14H19NO3.C5H12O.C3H6/c1-3-18-14(17)5-10(2)4-11-6-13-7-12(11)8-15(13)9-16;1-5(2,3)6-4;1-3-2/h5,8-9,11,13H,3-4,6-7H2,1-2H3;1-4H3;3H,1H2,2H3/b10-5+;;. The molecule has 1 fully saturated rings. The van der Waals surface area contributed by atoms with Gasteiger partial charge < -0.3 is 14.4 Å². The Labute approximate surface area is 165 Å². The highest BCUT2D eigenvalue weighted by atomic mass is 16.5. The van der Waals surface area contributed by atoms with Crippen molar-refractivity contribution in [2.75, 3.05) is 13.7 Å². The smallest absolute Gasteiger partial charge is 0.330 e. The highest BCUT2D eigenvalue weighted by Crippen LogP contribution is 2.42. The summed E-state index contributed by atoms with van der Waals surface area (Å²) in [6.07, 6.45) is 9.08. The van der Waals surface area contributed by atoms with Crippen LogP contribution in [0.3, 0.4) is 0 Å². The quantitative estimate of drug-likeness (QED) is 0.302. The molecule has 0 radical (unpaired) electrons. The average molecular weight is 380 g/mol. The molecular formula is C22H37NO4. The molecule has 154 valence electrons. The Kier molecular flexibility index (Phi) is 11.6. The second-order valence-corrected chi connectivity index (χ2v) is 7.72. The number of ether oxygens (including phenoxy) is 2. The van der Waals surface area contributed by atoms with Gasteiger partial charge in [0.15, 0.2) is 0 Å². The monoisotopic (exact) mass is 379 g/mol. The second kappa shape index (κ2) is 12.5. The largest absolute Gasteiger partial charge is 0.463 e. The molecule has 0 aromatic rings. The number of esters is 1. The highest BCUT2D eigenvalue weighted by Gasteiger charge is 2.37. The summed E-state index contributed by atoms with van der Waals surface area (Å²) in [5.41, 5.74) is 2.42. The molecule has 1 aliphatic heterocycles. The Morgan fingerprint density at radius 2 is 1.96 bits per heavy atom. The fourth-order valence-electron chi connectivity index (χ4n) is 2.85. The number of amides is 1. The second-order valence-electron chi connectivity index (χ2n) is 7.72. The maximum Gasteiger partial charge on any atom is 0.330 e. The summed E-state index contributed by atoms with van der Waals surface area (Å²) in [6, 6.07) is 0.345. The summed E-state index contributed by atoms with van der Waals surface area (Å²) in [5, 5.41) is 0. The van der Waals surface area contributed by atoms with Crippen LogP contribution in [0.2, 0.25) is 0 Å². The molecule has 2 unspecified atom stereocenters. The van der Waals surface area contributed by atoms with Crippen LogP contribution >= 0.6 is 0 Å². The summed E-state index contributed by atoms with van der Waals surface area (Å²) < 4.78 is 9.83. The van der Waals surface area contributed by atoms with E-state index in [2.05, 4.69) is 6.58 Å². The number of nitrogens with zero attached hydrogens (tertiary/aromatic N) is 1. The Hall–Kier alpha value is -1.88. The molecular weight excluding hydrogens is 342 g/mol. The van der Waals surface area contributed by atoms with Gasteiger partial charge in [-0.25, -0.2) is 4.79 Å². The third kappa shape index (κ3) is 10.1. The molecule has 27 heavy (non-hydrogen) atoms. The van der Waals surface area contributed by atoms with Crippen molar-refractivity contribution in [3.63, 3.8) is 0 Å². The van der Waals surface area contributed by atoms with Gasteiger partial charge in [0.2, 0.25) is 6.41 Å². The zero-order valence-corrected chi connectivity index (χ0v) is 18.1. The fraction of sp³-hybridized carbons (Fsp3) is 0.636. The van der Waals surface area contributed by atoms with E-state index in [9.17, 15) is 9.59 Å². The number of carbonyl (C=O) groups is 2. The Balaban J connectivity index is 0.000000632. The number of rotatable bonds is 5. The van der Waals surface area contributed by atoms with Crippen LogP contribution in [0.4, 0.5) is 0 Å². The van der Waals surface area contributed by atoms with Crippen LogP contribution in [0.25, 0.3) is 0 Å². The van der Waals surface area contributed by atoms with Crippen LogP contribution in [-0.4, -0.2) is 42.6 Å². The molecule has 1 aliphatic carbocycles. The van der Waals surface area contributed by atoms with Gasteiger partial charge >= 0.3 is 5.97 Å². The fourth-order valence-corrected chi connectivity index (χ4v) is 2.85. The van der Waals surface area contributed by atoms with E-state index in [0.29, 0.717) is 18.6 Å². The van der Waals surface area contributed by atoms with Crippen molar-refractivity contribution in [2.24, 2.45) is 5.92 Å². The Bertz CT molecular complexity index is 543. The molecule has 0 aromatic carbocycles. The Morgan fingerprint density at radius 3 is 2.33 bits per heavy atom. The lowest BCUT2D eigenvalue weighted by atomic mass is 9.94. The summed E-state index contributed by atoms with van der Waals surface area (Å²) >= 11 is 0. The number of methoxy groups -OCH3 is 1. The molecule has 5 nitrogen and oxygen atoms in total. The van der Waals surface area contributed by atoms with Crippen LogP contribution in [-0.2, 0) is 19.1 Å². The van der Waals surface area contributed by atoms with Crippen molar-refractivity contribution in [3.05, 3.63) is 36.1 Å². The van der Waals surface area contributed by atoms with Gasteiger partial charge in [0.25, 0.3) is 0 Å². The van der Waals surface area contributed by atoms with Crippen LogP contribution in [0.1, 0.15) is 60.8 Å². The SMILES string of the molecule is C=CC.CCOC(=O)/C=C(\C)CC1CC2CC1=CN2C=O.COC(C)(C)C. The van der Waals surface area contributed by atoms with E-state index in [1.54, 1.807) is 31.1 Å². The molecule has 0 saturated heterocycles. The molecule has 0 N–H and O–H groups in total. The molecule has 0 spiro atoms. The maximum atomic E-state index is 11.3. The first-order valence-electron chi connectivity index (χ1n) is 9.51. The summed E-state index contributed by atoms with van der Waals surface area (Å²) in [4.78, 5) is 23.8. The molecule has 0 aromatic heterocycles. The number of allylic oxidation sites excluding steroid dienone is 2. The zero-order chi connectivity index (χ0) is 21.0. The lowest BCUT2D eigenvalue weighted by Crippen LogP contribution is -2.26. The van der Waals surface area contributed by atoms with Crippen molar-refractivity contribution in [3.8, 4) is 0 Å². The molecule has 5 heteroatoms. The molecule has 1 amide bonds. The molecule has 2 atom stereocenters. The van der Waals surface area contributed by atoms with Gasteiger partial charge in [0.1, 0.15) is 0 Å². The number of hydrogen-bond donors (Lipinski definition) is 0. The van der Waals surface area contributed by atoms with Crippen molar-refractivity contribution >= 4 is 12.4 Å². The topological polar surface area (TPSA) is 55.8 Å². The van der Waals surface area contributed by atoms with Crippen molar-refractivity contribution in [1.29, 1.82) is 0 Å². The van der Waals surface area contributed by atoms with E-state index in [1.807, 2.05) is 40.8 Å². The maximum absolute atomic E-state index is 11.3. The van der Waals surface area contributed by atoms with Crippen LogP contribution in [0, 0.1) is 5.92 Å². The van der Waals surface area contributed by atoms with Crippen LogP contribution < -0.4 is 0 Å². The van der Waals surface area contributed by atoms with E-state index in [1.165, 1.54) is 5.57 Å². The lowest BCUT2D eigenvalue weighted by molar-refractivity contribution is -0.137. The van der Waals surface area contributed by atoms with Crippen LogP contribution in [0.5, 0.6) is 0 Å². The van der Waals surface area contributed by atoms with Crippen LogP contribution in [0.15, 0.2) is 36.1 Å². The van der Waals surface area contributed by atoms with E-state index in [4.69, 9.17) is 9.47 Å². The predicted molar refractivity (Wildman–Crippen MR) is 110 cm³/mol. The first kappa shape index (κ1) is 25.1. The van der Waals surface area contributed by atoms with E-state index < -0.39 is 0 Å². The van der Waals surface area contributed by atoms with Gasteiger partial charge in [0.05, 0.1) is 12.2 Å². The summed E-state index contributed by atoms with van der Waals surface area (Å²) in [6.45, 7) is 15.5. The first-order chi connectivity index (χ1) is 12.6. The predicted octanol–water partition coefficient (Wildman–Crippen LogP) is 4.64. The molecule has 2 aliphatic rings. The van der Waals surface area contributed by atoms with E-state index in [-0.39, 0.29) is 11.6 Å². The molecule has 1 heterocycles. The number of fused-ring (bicyclic) bond motifs is 2. The molecule has 1 saturated carbocycles. The third-order valence-corrected chi connectivity index (χ3v) is 4.24. The van der Waals surface area contributed by atoms with Gasteiger partial charge in [-0.1, -0.05) is 11.6 Å². The highest BCUT2D eigenvalue weighted by molar-refractivity contribution is 5.82. The molecule has 2 rings (SSSR count). The van der Waals surface area contributed by atoms with Gasteiger partial charge in [-0.3, -0.25) is 4.79 Å². The number of hydrogen-bond acceptors (Lipinski definition) is 4. The van der Waals surface area contributed by atoms with Crippen molar-refractivity contribution in [2.45, 2.75) is 72.4 Å². The molecule has 2 bridgehead atoms. The minimum absolute atomic E-state index is 0.0417. The normalized spacial score (nSPS) is 20.6.